The fraction of sp³-hybridized carbons (Fsp3) is 0.316. The number of imidazole rings is 1. The number of hydrogen-bond donors (Lipinski definition) is 1. The Balaban J connectivity index is 1.36. The van der Waals surface area contributed by atoms with Crippen molar-refractivity contribution in [3.63, 3.8) is 0 Å². The monoisotopic (exact) mass is 351 g/mol. The van der Waals surface area contributed by atoms with Crippen LogP contribution in [0.5, 0.6) is 11.5 Å². The molecule has 3 heterocycles. The number of nitrogens with one attached hydrogen (secondary N) is 1. The lowest BCUT2D eigenvalue weighted by Crippen LogP contribution is -2.27. The molecular formula is C19H21N5O2. The lowest BCUT2D eigenvalue weighted by molar-refractivity contribution is 0.228. The van der Waals surface area contributed by atoms with E-state index >= 15 is 0 Å². The number of hydrogen-bond acceptors (Lipinski definition) is 6. The number of rotatable bonds is 5. The smallest absolute Gasteiger partial charge is 0.160 e. The second kappa shape index (κ2) is 7.03. The maximum Gasteiger partial charge on any atom is 0.160 e. The number of ether oxygens (including phenoxy) is 2. The summed E-state index contributed by atoms with van der Waals surface area (Å²) in [6, 6.07) is 9.85. The third kappa shape index (κ3) is 3.33. The molecule has 0 saturated carbocycles. The Kier molecular flexibility index (Phi) is 4.43. The Morgan fingerprint density at radius 2 is 2.19 bits per heavy atom. The topological polar surface area (TPSA) is 74.1 Å². The minimum atomic E-state index is 0.381. The minimum absolute atomic E-state index is 0.381. The Bertz CT molecular complexity index is 891. The van der Waals surface area contributed by atoms with Gasteiger partial charge in [-0.3, -0.25) is 0 Å². The summed E-state index contributed by atoms with van der Waals surface area (Å²) in [5, 5.41) is 11.9. The van der Waals surface area contributed by atoms with Crippen LogP contribution in [0.3, 0.4) is 0 Å². The summed E-state index contributed by atoms with van der Waals surface area (Å²) in [5.74, 6) is 3.68. The van der Waals surface area contributed by atoms with E-state index in [1.165, 1.54) is 5.56 Å². The molecule has 0 aliphatic carbocycles. The van der Waals surface area contributed by atoms with Gasteiger partial charge in [0, 0.05) is 38.0 Å². The van der Waals surface area contributed by atoms with Crippen LogP contribution in [0.15, 0.2) is 42.7 Å². The Morgan fingerprint density at radius 3 is 2.92 bits per heavy atom. The standard InChI is InChI=1S/C19H21N5O2/c1-24-8-7-20-19(24)16-5-6-18(23-22-16)21-11-13-9-14-3-4-15(25-2)10-17(14)26-12-13/h3-8,10,13H,9,11-12H2,1-2H3,(H,21,23)/t13-/m1/s1. The molecule has 0 saturated heterocycles. The van der Waals surface area contributed by atoms with Gasteiger partial charge in [0.25, 0.3) is 0 Å². The van der Waals surface area contributed by atoms with Gasteiger partial charge in [0.2, 0.25) is 0 Å². The summed E-state index contributed by atoms with van der Waals surface area (Å²) in [6.07, 6.45) is 4.60. The van der Waals surface area contributed by atoms with E-state index < -0.39 is 0 Å². The first-order chi connectivity index (χ1) is 12.7. The molecule has 1 atom stereocenters. The lowest BCUT2D eigenvalue weighted by atomic mass is 9.96. The highest BCUT2D eigenvalue weighted by Crippen LogP contribution is 2.31. The molecule has 0 fully saturated rings. The van der Waals surface area contributed by atoms with Crippen LogP contribution < -0.4 is 14.8 Å². The first-order valence-electron chi connectivity index (χ1n) is 8.58. The molecule has 1 N–H and O–H groups in total. The molecule has 0 spiro atoms. The second-order valence-electron chi connectivity index (χ2n) is 6.40. The van der Waals surface area contributed by atoms with E-state index in [0.717, 1.165) is 41.8 Å². The predicted molar refractivity (Wildman–Crippen MR) is 98.4 cm³/mol. The first-order valence-corrected chi connectivity index (χ1v) is 8.58. The summed E-state index contributed by atoms with van der Waals surface area (Å²) in [4.78, 5) is 4.28. The average Bonchev–Trinajstić information content (AvgIpc) is 3.12. The third-order valence-corrected chi connectivity index (χ3v) is 4.54. The van der Waals surface area contributed by atoms with Crippen molar-refractivity contribution in [3.05, 3.63) is 48.3 Å². The van der Waals surface area contributed by atoms with Crippen LogP contribution in [-0.2, 0) is 13.5 Å². The Labute approximate surface area is 152 Å². The van der Waals surface area contributed by atoms with Gasteiger partial charge < -0.3 is 19.4 Å². The number of nitrogens with zero attached hydrogens (tertiary/aromatic N) is 4. The van der Waals surface area contributed by atoms with Crippen LogP contribution in [0.4, 0.5) is 5.82 Å². The normalized spacial score (nSPS) is 15.8. The minimum Gasteiger partial charge on any atom is -0.497 e. The van der Waals surface area contributed by atoms with Crippen LogP contribution in [0.25, 0.3) is 11.5 Å². The molecule has 1 aromatic carbocycles. The summed E-state index contributed by atoms with van der Waals surface area (Å²) < 4.78 is 13.0. The van der Waals surface area contributed by atoms with Gasteiger partial charge in [0.1, 0.15) is 23.0 Å². The van der Waals surface area contributed by atoms with Gasteiger partial charge in [-0.2, -0.15) is 0 Å². The van der Waals surface area contributed by atoms with E-state index in [1.54, 1.807) is 13.3 Å². The molecule has 2 aromatic heterocycles. The SMILES string of the molecule is COc1ccc2c(c1)OC[C@@H](CNc1ccc(-c3nccn3C)nn1)C2. The van der Waals surface area contributed by atoms with Crippen molar-refractivity contribution >= 4 is 5.82 Å². The molecule has 134 valence electrons. The number of methoxy groups -OCH3 is 1. The number of benzene rings is 1. The number of aryl methyl sites for hydroxylation is 1. The number of anilines is 1. The van der Waals surface area contributed by atoms with Crippen LogP contribution in [0.2, 0.25) is 0 Å². The average molecular weight is 351 g/mol. The van der Waals surface area contributed by atoms with Gasteiger partial charge in [-0.15, -0.1) is 10.2 Å². The van der Waals surface area contributed by atoms with Crippen molar-refractivity contribution in [2.45, 2.75) is 6.42 Å². The van der Waals surface area contributed by atoms with E-state index in [-0.39, 0.29) is 0 Å². The second-order valence-corrected chi connectivity index (χ2v) is 6.40. The Morgan fingerprint density at radius 1 is 1.27 bits per heavy atom. The summed E-state index contributed by atoms with van der Waals surface area (Å²) >= 11 is 0. The molecule has 7 heteroatoms. The van der Waals surface area contributed by atoms with Crippen LogP contribution in [0.1, 0.15) is 5.56 Å². The zero-order valence-corrected chi connectivity index (χ0v) is 14.8. The maximum atomic E-state index is 5.88. The van der Waals surface area contributed by atoms with Crippen LogP contribution >= 0.6 is 0 Å². The van der Waals surface area contributed by atoms with Crippen LogP contribution in [0, 0.1) is 5.92 Å². The van der Waals surface area contributed by atoms with Crippen LogP contribution in [-0.4, -0.2) is 40.0 Å². The molecule has 0 radical (unpaired) electrons. The fourth-order valence-corrected chi connectivity index (χ4v) is 3.08. The van der Waals surface area contributed by atoms with E-state index in [1.807, 2.05) is 42.1 Å². The van der Waals surface area contributed by atoms with E-state index in [4.69, 9.17) is 9.47 Å². The zero-order valence-electron chi connectivity index (χ0n) is 14.8. The molecule has 0 bridgehead atoms. The Hall–Kier alpha value is -3.09. The van der Waals surface area contributed by atoms with Gasteiger partial charge in [0.05, 0.1) is 13.7 Å². The van der Waals surface area contributed by atoms with Crippen molar-refractivity contribution in [3.8, 4) is 23.0 Å². The van der Waals surface area contributed by atoms with Gasteiger partial charge in [-0.05, 0) is 30.2 Å². The summed E-state index contributed by atoms with van der Waals surface area (Å²) in [7, 11) is 3.60. The molecule has 1 aliphatic rings. The molecule has 0 unspecified atom stereocenters. The summed E-state index contributed by atoms with van der Waals surface area (Å²) in [5.41, 5.74) is 1.96. The number of aromatic nitrogens is 4. The van der Waals surface area contributed by atoms with E-state index in [2.05, 4.69) is 26.6 Å². The van der Waals surface area contributed by atoms with Crippen molar-refractivity contribution in [2.75, 3.05) is 25.6 Å². The van der Waals surface area contributed by atoms with Gasteiger partial charge in [0.15, 0.2) is 5.82 Å². The van der Waals surface area contributed by atoms with Crippen molar-refractivity contribution in [1.29, 1.82) is 0 Å². The molecular weight excluding hydrogens is 330 g/mol. The van der Waals surface area contributed by atoms with Crippen molar-refractivity contribution in [2.24, 2.45) is 13.0 Å². The molecule has 0 amide bonds. The first kappa shape index (κ1) is 16.4. The van der Waals surface area contributed by atoms with Crippen molar-refractivity contribution < 1.29 is 9.47 Å². The highest BCUT2D eigenvalue weighted by Gasteiger charge is 2.20. The van der Waals surface area contributed by atoms with Gasteiger partial charge in [-0.1, -0.05) is 6.07 Å². The molecule has 3 aromatic rings. The highest BCUT2D eigenvalue weighted by molar-refractivity contribution is 5.51. The number of fused-ring (bicyclic) bond motifs is 1. The molecule has 26 heavy (non-hydrogen) atoms. The van der Waals surface area contributed by atoms with E-state index in [0.29, 0.717) is 12.5 Å². The fourth-order valence-electron chi connectivity index (χ4n) is 3.08. The maximum absolute atomic E-state index is 5.88. The summed E-state index contributed by atoms with van der Waals surface area (Å²) in [6.45, 7) is 1.45. The molecule has 4 rings (SSSR count). The van der Waals surface area contributed by atoms with Gasteiger partial charge >= 0.3 is 0 Å². The van der Waals surface area contributed by atoms with Crippen molar-refractivity contribution in [1.82, 2.24) is 19.7 Å². The third-order valence-electron chi connectivity index (χ3n) is 4.54. The van der Waals surface area contributed by atoms with E-state index in [9.17, 15) is 0 Å². The predicted octanol–water partition coefficient (Wildman–Crippen LogP) is 2.55. The molecule has 1 aliphatic heterocycles. The zero-order chi connectivity index (χ0) is 17.9. The highest BCUT2D eigenvalue weighted by atomic mass is 16.5. The molecule has 7 nitrogen and oxygen atoms in total. The quantitative estimate of drug-likeness (QED) is 0.761. The largest absolute Gasteiger partial charge is 0.497 e. The van der Waals surface area contributed by atoms with Gasteiger partial charge in [-0.25, -0.2) is 4.98 Å². The lowest BCUT2D eigenvalue weighted by Gasteiger charge is -2.25.